The van der Waals surface area contributed by atoms with Crippen molar-refractivity contribution in [2.24, 2.45) is 17.8 Å². The fourth-order valence-corrected chi connectivity index (χ4v) is 4.33. The Hall–Kier alpha value is -3.48. The second-order valence-electron chi connectivity index (χ2n) is 10.5. The summed E-state index contributed by atoms with van der Waals surface area (Å²) in [6.45, 7) is 11.5. The number of hydrogen-bond acceptors (Lipinski definition) is 4. The van der Waals surface area contributed by atoms with Gasteiger partial charge in [0.1, 0.15) is 6.04 Å². The first-order valence-electron chi connectivity index (χ1n) is 13.0. The molecule has 7 nitrogen and oxygen atoms in total. The normalized spacial score (nSPS) is 14.4. The van der Waals surface area contributed by atoms with Crippen molar-refractivity contribution in [2.75, 3.05) is 0 Å². The summed E-state index contributed by atoms with van der Waals surface area (Å²) >= 11 is 0. The molecule has 0 saturated heterocycles. The predicted molar refractivity (Wildman–Crippen MR) is 146 cm³/mol. The first kappa shape index (κ1) is 29.7. The maximum absolute atomic E-state index is 13.1. The molecule has 2 aromatic rings. The van der Waals surface area contributed by atoms with Gasteiger partial charge in [-0.3, -0.25) is 19.2 Å². The molecule has 0 radical (unpaired) electrons. The Morgan fingerprint density at radius 2 is 1.05 bits per heavy atom. The number of hydrogen-bond donors (Lipinski definition) is 3. The lowest BCUT2D eigenvalue weighted by molar-refractivity contribution is -0.124. The largest absolute Gasteiger partial charge is 0.352 e. The van der Waals surface area contributed by atoms with E-state index in [1.165, 1.54) is 0 Å². The van der Waals surface area contributed by atoms with Crippen molar-refractivity contribution in [2.45, 2.75) is 72.5 Å². The molecule has 0 aliphatic rings. The summed E-state index contributed by atoms with van der Waals surface area (Å²) in [6.07, 6.45) is 0.878. The van der Waals surface area contributed by atoms with Gasteiger partial charge >= 0.3 is 0 Å². The minimum Gasteiger partial charge on any atom is -0.352 e. The molecule has 0 aliphatic carbocycles. The van der Waals surface area contributed by atoms with Crippen LogP contribution in [0.2, 0.25) is 0 Å². The van der Waals surface area contributed by atoms with Gasteiger partial charge in [-0.05, 0) is 55.4 Å². The number of ketones is 1. The van der Waals surface area contributed by atoms with Crippen LogP contribution < -0.4 is 16.0 Å². The summed E-state index contributed by atoms with van der Waals surface area (Å²) in [5, 5.41) is 8.71. The Kier molecular flexibility index (Phi) is 11.5. The van der Waals surface area contributed by atoms with E-state index in [0.29, 0.717) is 17.5 Å². The molecule has 0 fully saturated rings. The van der Waals surface area contributed by atoms with Gasteiger partial charge in [0, 0.05) is 23.6 Å². The smallest absolute Gasteiger partial charge is 0.251 e. The van der Waals surface area contributed by atoms with E-state index in [9.17, 15) is 19.2 Å². The third-order valence-corrected chi connectivity index (χ3v) is 6.30. The molecular formula is C30H41N3O4. The monoisotopic (exact) mass is 507 g/mol. The Morgan fingerprint density at radius 1 is 0.622 bits per heavy atom. The van der Waals surface area contributed by atoms with Crippen LogP contribution in [0.4, 0.5) is 0 Å². The molecule has 0 aromatic heterocycles. The highest BCUT2D eigenvalue weighted by molar-refractivity contribution is 5.98. The maximum Gasteiger partial charge on any atom is 0.251 e. The molecule has 3 N–H and O–H groups in total. The third kappa shape index (κ3) is 9.48. The predicted octanol–water partition coefficient (Wildman–Crippen LogP) is 4.39. The Balaban J connectivity index is 1.91. The highest BCUT2D eigenvalue weighted by Crippen LogP contribution is 2.16. The molecule has 0 aliphatic heterocycles. The fraction of sp³-hybridized carbons (Fsp3) is 0.467. The zero-order chi connectivity index (χ0) is 27.5. The van der Waals surface area contributed by atoms with Crippen LogP contribution in [0.1, 0.15) is 75.1 Å². The molecule has 0 saturated carbocycles. The van der Waals surface area contributed by atoms with E-state index >= 15 is 0 Å². The van der Waals surface area contributed by atoms with E-state index < -0.39 is 12.1 Å². The summed E-state index contributed by atoms with van der Waals surface area (Å²) < 4.78 is 0. The lowest BCUT2D eigenvalue weighted by Gasteiger charge is -2.26. The quantitative estimate of drug-likeness (QED) is 0.374. The van der Waals surface area contributed by atoms with Crippen molar-refractivity contribution in [1.29, 1.82) is 0 Å². The first-order chi connectivity index (χ1) is 17.5. The standard InChI is InChI=1S/C30H41N3O4/c1-19(2)26(32-28(35)23-13-9-7-10-14-23)25(34)18-21(5)17-22(6)31-30(37)27(20(3)4)33-29(36)24-15-11-8-12-16-24/h7-16,19-22,26-27H,17-18H2,1-6H3,(H,31,37)(H,32,35)(H,33,36)/t21?,22?,26-,27-/m0/s1. The molecule has 0 heterocycles. The van der Waals surface area contributed by atoms with Gasteiger partial charge in [0.2, 0.25) is 5.91 Å². The summed E-state index contributed by atoms with van der Waals surface area (Å²) in [4.78, 5) is 51.2. The minimum absolute atomic E-state index is 0.00547. The average Bonchev–Trinajstić information content (AvgIpc) is 2.85. The zero-order valence-electron chi connectivity index (χ0n) is 22.8. The minimum atomic E-state index is -0.675. The highest BCUT2D eigenvalue weighted by Gasteiger charge is 2.28. The van der Waals surface area contributed by atoms with Crippen LogP contribution in [0.25, 0.3) is 0 Å². The molecule has 3 amide bonds. The Bertz CT molecular complexity index is 954. The molecule has 2 aromatic carbocycles. The van der Waals surface area contributed by atoms with E-state index in [1.807, 2.05) is 53.7 Å². The molecule has 37 heavy (non-hydrogen) atoms. The van der Waals surface area contributed by atoms with Crippen molar-refractivity contribution in [1.82, 2.24) is 16.0 Å². The van der Waals surface area contributed by atoms with E-state index in [2.05, 4.69) is 16.0 Å². The van der Waals surface area contributed by atoms with Crippen molar-refractivity contribution < 1.29 is 19.2 Å². The fourth-order valence-electron chi connectivity index (χ4n) is 4.33. The number of benzene rings is 2. The van der Waals surface area contributed by atoms with Gasteiger partial charge in [0.15, 0.2) is 5.78 Å². The SMILES string of the molecule is CC(CC(=O)[C@@H](NC(=O)c1ccccc1)C(C)C)CC(C)NC(=O)[C@@H](NC(=O)c1ccccc1)C(C)C. The lowest BCUT2D eigenvalue weighted by atomic mass is 9.90. The van der Waals surface area contributed by atoms with Crippen LogP contribution in [0.3, 0.4) is 0 Å². The zero-order valence-corrected chi connectivity index (χ0v) is 22.8. The Morgan fingerprint density at radius 3 is 1.49 bits per heavy atom. The highest BCUT2D eigenvalue weighted by atomic mass is 16.2. The third-order valence-electron chi connectivity index (χ3n) is 6.30. The number of carbonyl (C=O) groups is 4. The number of rotatable bonds is 13. The number of carbonyl (C=O) groups excluding carboxylic acids is 4. The van der Waals surface area contributed by atoms with E-state index in [4.69, 9.17) is 0 Å². The van der Waals surface area contributed by atoms with Crippen molar-refractivity contribution in [3.63, 3.8) is 0 Å². The number of amides is 3. The average molecular weight is 508 g/mol. The second kappa shape index (κ2) is 14.3. The molecule has 2 unspecified atom stereocenters. The molecule has 200 valence electrons. The summed E-state index contributed by atoms with van der Waals surface area (Å²) in [5.41, 5.74) is 1.02. The summed E-state index contributed by atoms with van der Waals surface area (Å²) in [7, 11) is 0. The Labute approximate surface area is 220 Å². The topological polar surface area (TPSA) is 104 Å². The van der Waals surface area contributed by atoms with Crippen LogP contribution in [0, 0.1) is 17.8 Å². The van der Waals surface area contributed by atoms with Gasteiger partial charge in [-0.25, -0.2) is 0 Å². The van der Waals surface area contributed by atoms with Gasteiger partial charge in [0.25, 0.3) is 11.8 Å². The molecule has 4 atom stereocenters. The van der Waals surface area contributed by atoms with Gasteiger partial charge in [-0.15, -0.1) is 0 Å². The van der Waals surface area contributed by atoms with Gasteiger partial charge < -0.3 is 16.0 Å². The summed E-state index contributed by atoms with van der Waals surface area (Å²) in [5.74, 6) is -0.991. The van der Waals surface area contributed by atoms with Gasteiger partial charge in [0.05, 0.1) is 6.04 Å². The number of Topliss-reactive ketones (excluding diaryl/α,β-unsaturated/α-hetero) is 1. The molecular weight excluding hydrogens is 466 g/mol. The van der Waals surface area contributed by atoms with Crippen LogP contribution in [-0.4, -0.2) is 41.6 Å². The maximum atomic E-state index is 13.1. The van der Waals surface area contributed by atoms with E-state index in [-0.39, 0.29) is 53.7 Å². The van der Waals surface area contributed by atoms with Gasteiger partial charge in [-0.1, -0.05) is 71.0 Å². The first-order valence-corrected chi connectivity index (χ1v) is 13.0. The van der Waals surface area contributed by atoms with Gasteiger partial charge in [-0.2, -0.15) is 0 Å². The second-order valence-corrected chi connectivity index (χ2v) is 10.5. The van der Waals surface area contributed by atoms with Crippen LogP contribution in [-0.2, 0) is 9.59 Å². The van der Waals surface area contributed by atoms with E-state index in [1.54, 1.807) is 48.5 Å². The van der Waals surface area contributed by atoms with Crippen LogP contribution in [0.5, 0.6) is 0 Å². The molecule has 0 bridgehead atoms. The number of nitrogens with one attached hydrogen (secondary N) is 3. The van der Waals surface area contributed by atoms with Crippen LogP contribution in [0.15, 0.2) is 60.7 Å². The van der Waals surface area contributed by atoms with Crippen molar-refractivity contribution >= 4 is 23.5 Å². The molecule has 0 spiro atoms. The van der Waals surface area contributed by atoms with E-state index in [0.717, 1.165) is 0 Å². The van der Waals surface area contributed by atoms with Crippen molar-refractivity contribution in [3.05, 3.63) is 71.8 Å². The molecule has 7 heteroatoms. The van der Waals surface area contributed by atoms with Crippen molar-refractivity contribution in [3.8, 4) is 0 Å². The lowest BCUT2D eigenvalue weighted by Crippen LogP contribution is -2.51. The summed E-state index contributed by atoms with van der Waals surface area (Å²) in [6, 6.07) is 16.2. The van der Waals surface area contributed by atoms with Crippen LogP contribution >= 0.6 is 0 Å². The molecule has 2 rings (SSSR count).